The van der Waals surface area contributed by atoms with Crippen LogP contribution in [0.15, 0.2) is 30.3 Å². The molecule has 0 unspecified atom stereocenters. The number of nitrogens with one attached hydrogen (secondary N) is 2. The molecule has 2 rings (SSSR count). The first-order valence-corrected chi connectivity index (χ1v) is 8.78. The number of amides is 2. The van der Waals surface area contributed by atoms with E-state index in [0.717, 1.165) is 6.07 Å². The summed E-state index contributed by atoms with van der Waals surface area (Å²) in [6.45, 7) is -0.335. The number of phenols is 1. The van der Waals surface area contributed by atoms with Gasteiger partial charge in [0.25, 0.3) is 11.8 Å². The van der Waals surface area contributed by atoms with Gasteiger partial charge in [0.05, 0.1) is 21.2 Å². The van der Waals surface area contributed by atoms with Gasteiger partial charge in [-0.2, -0.15) is 13.2 Å². The third-order valence-corrected chi connectivity index (χ3v) is 4.36. The van der Waals surface area contributed by atoms with E-state index in [2.05, 4.69) is 15.6 Å². The molecule has 0 spiro atoms. The first kappa shape index (κ1) is 23.3. The van der Waals surface area contributed by atoms with E-state index in [1.54, 1.807) is 0 Å². The molecule has 2 aromatic carbocycles. The molecular weight excluding hydrogens is 452 g/mol. The Hall–Kier alpha value is -2.98. The van der Waals surface area contributed by atoms with Gasteiger partial charge in [-0.3, -0.25) is 20.4 Å². The Morgan fingerprint density at radius 2 is 1.63 bits per heavy atom. The number of alkyl halides is 3. The molecule has 0 heterocycles. The van der Waals surface area contributed by atoms with Crippen LogP contribution >= 0.6 is 23.2 Å². The van der Waals surface area contributed by atoms with Crippen LogP contribution < -0.4 is 10.9 Å². The average Bonchev–Trinajstić information content (AvgIpc) is 2.67. The molecule has 3 N–H and O–H groups in total. The van der Waals surface area contributed by atoms with Crippen LogP contribution in [-0.4, -0.2) is 35.7 Å². The van der Waals surface area contributed by atoms with Crippen molar-refractivity contribution in [3.63, 3.8) is 0 Å². The first-order chi connectivity index (χ1) is 13.9. The highest BCUT2D eigenvalue weighted by atomic mass is 35.5. The van der Waals surface area contributed by atoms with Gasteiger partial charge in [-0.15, -0.1) is 0 Å². The largest absolute Gasteiger partial charge is 0.505 e. The number of benzene rings is 2. The molecule has 7 nitrogen and oxygen atoms in total. The molecular formula is C18H13Cl2F3N2O5. The van der Waals surface area contributed by atoms with Crippen LogP contribution in [0.25, 0.3) is 0 Å². The quantitative estimate of drug-likeness (QED) is 0.471. The molecule has 0 saturated heterocycles. The van der Waals surface area contributed by atoms with Gasteiger partial charge < -0.3 is 9.84 Å². The number of phenolic OH excluding ortho intramolecular Hbond substituents is 1. The van der Waals surface area contributed by atoms with Crippen molar-refractivity contribution in [1.29, 1.82) is 0 Å². The van der Waals surface area contributed by atoms with Gasteiger partial charge in [0, 0.05) is 5.56 Å². The number of hydrazine groups is 1. The summed E-state index contributed by atoms with van der Waals surface area (Å²) in [4.78, 5) is 36.0. The number of hydrogen-bond donors (Lipinski definition) is 3. The summed E-state index contributed by atoms with van der Waals surface area (Å²) in [6.07, 6.45) is -4.66. The maximum Gasteiger partial charge on any atom is 0.422 e. The van der Waals surface area contributed by atoms with E-state index in [1.807, 2.05) is 0 Å². The Morgan fingerprint density at radius 3 is 2.23 bits per heavy atom. The van der Waals surface area contributed by atoms with Crippen molar-refractivity contribution in [3.05, 3.63) is 62.6 Å². The van der Waals surface area contributed by atoms with Crippen molar-refractivity contribution in [2.45, 2.75) is 13.1 Å². The summed E-state index contributed by atoms with van der Waals surface area (Å²) in [7, 11) is 0. The molecule has 2 amide bonds. The lowest BCUT2D eigenvalue weighted by molar-refractivity contribution is -0.161. The molecule has 0 bridgehead atoms. The standard InChI is InChI=1S/C18H13Cl2F3N2O5/c1-8-6-9(2-3-10(8)17(29)30-7-18(21,22)23)15(27)24-25-16(28)11-4-5-12(19)14(26)13(11)20/h2-6,26H,7H2,1H3,(H,24,27)(H,25,28). The second kappa shape index (κ2) is 9.23. The summed E-state index contributed by atoms with van der Waals surface area (Å²) in [5.41, 5.74) is 4.07. The zero-order chi connectivity index (χ0) is 22.6. The van der Waals surface area contributed by atoms with Crippen LogP contribution in [0, 0.1) is 6.92 Å². The third kappa shape index (κ3) is 5.77. The number of carbonyl (C=O) groups is 3. The minimum absolute atomic E-state index is 0.00483. The van der Waals surface area contributed by atoms with E-state index in [4.69, 9.17) is 23.2 Å². The highest BCUT2D eigenvalue weighted by molar-refractivity contribution is 6.39. The number of ether oxygens (including phenoxy) is 1. The Morgan fingerprint density at radius 1 is 1.03 bits per heavy atom. The molecule has 2 aromatic rings. The smallest absolute Gasteiger partial charge is 0.422 e. The van der Waals surface area contributed by atoms with E-state index < -0.39 is 36.3 Å². The fourth-order valence-corrected chi connectivity index (χ4v) is 2.68. The highest BCUT2D eigenvalue weighted by Crippen LogP contribution is 2.34. The second-order valence-corrected chi connectivity index (χ2v) is 6.67. The molecule has 0 saturated carbocycles. The monoisotopic (exact) mass is 464 g/mol. The van der Waals surface area contributed by atoms with Crippen LogP contribution in [0.2, 0.25) is 10.0 Å². The summed E-state index contributed by atoms with van der Waals surface area (Å²) in [5.74, 6) is -3.32. The fourth-order valence-electron chi connectivity index (χ4n) is 2.23. The first-order valence-electron chi connectivity index (χ1n) is 8.03. The van der Waals surface area contributed by atoms with Gasteiger partial charge in [-0.25, -0.2) is 4.79 Å². The zero-order valence-electron chi connectivity index (χ0n) is 15.1. The summed E-state index contributed by atoms with van der Waals surface area (Å²) < 4.78 is 40.6. The van der Waals surface area contributed by atoms with Crippen molar-refractivity contribution in [1.82, 2.24) is 10.9 Å². The van der Waals surface area contributed by atoms with E-state index in [0.29, 0.717) is 0 Å². The number of hydrogen-bond acceptors (Lipinski definition) is 5. The molecule has 0 fully saturated rings. The second-order valence-electron chi connectivity index (χ2n) is 5.89. The molecule has 0 radical (unpaired) electrons. The molecule has 0 aliphatic heterocycles. The van der Waals surface area contributed by atoms with E-state index in [9.17, 15) is 32.7 Å². The van der Waals surface area contributed by atoms with Crippen molar-refractivity contribution >= 4 is 41.0 Å². The number of aromatic hydroxyl groups is 1. The van der Waals surface area contributed by atoms with E-state index in [1.165, 1.54) is 31.2 Å². The SMILES string of the molecule is Cc1cc(C(=O)NNC(=O)c2ccc(Cl)c(O)c2Cl)ccc1C(=O)OCC(F)(F)F. The fraction of sp³-hybridized carbons (Fsp3) is 0.167. The molecule has 12 heteroatoms. The van der Waals surface area contributed by atoms with Gasteiger partial charge in [0.15, 0.2) is 12.4 Å². The van der Waals surface area contributed by atoms with Gasteiger partial charge in [-0.1, -0.05) is 23.2 Å². The van der Waals surface area contributed by atoms with Gasteiger partial charge in [0.1, 0.15) is 0 Å². The third-order valence-electron chi connectivity index (χ3n) is 3.68. The molecule has 0 aliphatic carbocycles. The van der Waals surface area contributed by atoms with Gasteiger partial charge in [-0.05, 0) is 42.8 Å². The molecule has 0 atom stereocenters. The van der Waals surface area contributed by atoms with Gasteiger partial charge in [0.2, 0.25) is 0 Å². The summed E-state index contributed by atoms with van der Waals surface area (Å²) >= 11 is 11.5. The topological polar surface area (TPSA) is 105 Å². The maximum atomic E-state index is 12.2. The lowest BCUT2D eigenvalue weighted by atomic mass is 10.0. The molecule has 30 heavy (non-hydrogen) atoms. The van der Waals surface area contributed by atoms with E-state index in [-0.39, 0.29) is 32.3 Å². The number of esters is 1. The van der Waals surface area contributed by atoms with Crippen LogP contribution in [-0.2, 0) is 4.74 Å². The Balaban J connectivity index is 2.04. The zero-order valence-corrected chi connectivity index (χ0v) is 16.6. The number of aryl methyl sites for hydroxylation is 1. The average molecular weight is 465 g/mol. The molecule has 160 valence electrons. The van der Waals surface area contributed by atoms with Crippen molar-refractivity contribution in [2.75, 3.05) is 6.61 Å². The Kier molecular flexibility index (Phi) is 7.16. The highest BCUT2D eigenvalue weighted by Gasteiger charge is 2.30. The molecule has 0 aromatic heterocycles. The summed E-state index contributed by atoms with van der Waals surface area (Å²) in [5, 5.41) is 9.27. The normalized spacial score (nSPS) is 11.0. The lowest BCUT2D eigenvalue weighted by Gasteiger charge is -2.12. The van der Waals surface area contributed by atoms with Crippen molar-refractivity contribution in [2.24, 2.45) is 0 Å². The predicted octanol–water partition coefficient (Wildman–Crippen LogP) is 3.80. The Labute approximate surface area is 177 Å². The predicted molar refractivity (Wildman–Crippen MR) is 101 cm³/mol. The van der Waals surface area contributed by atoms with Crippen LogP contribution in [0.5, 0.6) is 5.75 Å². The Bertz CT molecular complexity index is 1010. The van der Waals surface area contributed by atoms with Crippen LogP contribution in [0.3, 0.4) is 0 Å². The minimum Gasteiger partial charge on any atom is -0.505 e. The minimum atomic E-state index is -4.66. The summed E-state index contributed by atoms with van der Waals surface area (Å²) in [6, 6.07) is 5.99. The van der Waals surface area contributed by atoms with Crippen LogP contribution in [0.4, 0.5) is 13.2 Å². The number of carbonyl (C=O) groups excluding carboxylic acids is 3. The van der Waals surface area contributed by atoms with E-state index >= 15 is 0 Å². The van der Waals surface area contributed by atoms with Crippen molar-refractivity contribution in [3.8, 4) is 5.75 Å². The number of rotatable bonds is 4. The maximum absolute atomic E-state index is 12.2. The number of halogens is 5. The van der Waals surface area contributed by atoms with Gasteiger partial charge >= 0.3 is 12.1 Å². The molecule has 0 aliphatic rings. The lowest BCUT2D eigenvalue weighted by Crippen LogP contribution is -2.41. The van der Waals surface area contributed by atoms with Crippen molar-refractivity contribution < 1.29 is 37.4 Å². The van der Waals surface area contributed by atoms with Crippen LogP contribution in [0.1, 0.15) is 36.6 Å².